The maximum absolute atomic E-state index is 5.91. The standard InChI is InChI=1S/C14H13BrN2OS/c15-10-3-4-13-9(6-10)7-11(18-13)8-19-14-12(16)2-1-5-17-14/h1-6,11H,7-8,16H2. The maximum atomic E-state index is 5.91. The van der Waals surface area contributed by atoms with Crippen LogP contribution in [0.25, 0.3) is 0 Å². The lowest BCUT2D eigenvalue weighted by molar-refractivity contribution is 0.259. The summed E-state index contributed by atoms with van der Waals surface area (Å²) < 4.78 is 7.01. The zero-order chi connectivity index (χ0) is 13.2. The second kappa shape index (κ2) is 5.43. The molecule has 1 aliphatic rings. The molecule has 3 nitrogen and oxygen atoms in total. The van der Waals surface area contributed by atoms with Crippen LogP contribution in [0.4, 0.5) is 5.69 Å². The van der Waals surface area contributed by atoms with Crippen LogP contribution in [0, 0.1) is 0 Å². The van der Waals surface area contributed by atoms with Gasteiger partial charge in [0.15, 0.2) is 0 Å². The summed E-state index contributed by atoms with van der Waals surface area (Å²) in [6, 6.07) is 9.86. The van der Waals surface area contributed by atoms with Crippen molar-refractivity contribution in [1.82, 2.24) is 4.98 Å². The van der Waals surface area contributed by atoms with Crippen molar-refractivity contribution >= 4 is 33.4 Å². The van der Waals surface area contributed by atoms with Crippen molar-refractivity contribution in [2.45, 2.75) is 17.6 Å². The molecule has 2 aromatic rings. The van der Waals surface area contributed by atoms with Gasteiger partial charge in [-0.1, -0.05) is 15.9 Å². The number of hydrogen-bond donors (Lipinski definition) is 1. The highest BCUT2D eigenvalue weighted by molar-refractivity contribution is 9.10. The average molecular weight is 337 g/mol. The van der Waals surface area contributed by atoms with Gasteiger partial charge >= 0.3 is 0 Å². The lowest BCUT2D eigenvalue weighted by Gasteiger charge is -2.10. The average Bonchev–Trinajstić information content (AvgIpc) is 2.79. The van der Waals surface area contributed by atoms with E-state index >= 15 is 0 Å². The van der Waals surface area contributed by atoms with Gasteiger partial charge in [0.1, 0.15) is 16.9 Å². The first-order chi connectivity index (χ1) is 9.22. The van der Waals surface area contributed by atoms with Crippen LogP contribution < -0.4 is 10.5 Å². The van der Waals surface area contributed by atoms with E-state index in [2.05, 4.69) is 27.0 Å². The van der Waals surface area contributed by atoms with Gasteiger partial charge in [0.25, 0.3) is 0 Å². The molecule has 2 heterocycles. The zero-order valence-corrected chi connectivity index (χ0v) is 12.6. The summed E-state index contributed by atoms with van der Waals surface area (Å²) >= 11 is 5.13. The van der Waals surface area contributed by atoms with E-state index in [4.69, 9.17) is 10.5 Å². The fourth-order valence-corrected chi connectivity index (χ4v) is 3.39. The molecular formula is C14H13BrN2OS. The number of anilines is 1. The Kier molecular flexibility index (Phi) is 3.66. The lowest BCUT2D eigenvalue weighted by Crippen LogP contribution is -2.16. The molecule has 0 saturated carbocycles. The highest BCUT2D eigenvalue weighted by Crippen LogP contribution is 2.33. The summed E-state index contributed by atoms with van der Waals surface area (Å²) in [5, 5.41) is 0.878. The monoisotopic (exact) mass is 336 g/mol. The van der Waals surface area contributed by atoms with Crippen LogP contribution in [0.3, 0.4) is 0 Å². The number of nitrogens with zero attached hydrogens (tertiary/aromatic N) is 1. The summed E-state index contributed by atoms with van der Waals surface area (Å²) in [6.45, 7) is 0. The molecule has 1 unspecified atom stereocenters. The molecule has 0 aliphatic carbocycles. The van der Waals surface area contributed by atoms with Crippen molar-refractivity contribution in [2.24, 2.45) is 0 Å². The number of benzene rings is 1. The van der Waals surface area contributed by atoms with Crippen molar-refractivity contribution in [3.05, 3.63) is 46.6 Å². The van der Waals surface area contributed by atoms with Gasteiger partial charge in [-0.2, -0.15) is 0 Å². The van der Waals surface area contributed by atoms with Gasteiger partial charge in [-0.3, -0.25) is 0 Å². The van der Waals surface area contributed by atoms with Gasteiger partial charge < -0.3 is 10.5 Å². The fraction of sp³-hybridized carbons (Fsp3) is 0.214. The summed E-state index contributed by atoms with van der Waals surface area (Å²) in [5.41, 5.74) is 7.86. The molecule has 0 spiro atoms. The maximum Gasteiger partial charge on any atom is 0.123 e. The molecular weight excluding hydrogens is 324 g/mol. The van der Waals surface area contributed by atoms with E-state index in [9.17, 15) is 0 Å². The third-order valence-corrected chi connectivity index (χ3v) is 4.62. The Morgan fingerprint density at radius 1 is 1.42 bits per heavy atom. The minimum Gasteiger partial charge on any atom is -0.489 e. The van der Waals surface area contributed by atoms with Crippen molar-refractivity contribution in [2.75, 3.05) is 11.5 Å². The van der Waals surface area contributed by atoms with Gasteiger partial charge in [0.2, 0.25) is 0 Å². The van der Waals surface area contributed by atoms with E-state index in [1.54, 1.807) is 18.0 Å². The van der Waals surface area contributed by atoms with E-state index in [-0.39, 0.29) is 6.10 Å². The predicted molar refractivity (Wildman–Crippen MR) is 81.6 cm³/mol. The molecule has 0 bridgehead atoms. The highest BCUT2D eigenvalue weighted by Gasteiger charge is 2.23. The second-order valence-electron chi connectivity index (χ2n) is 4.40. The molecule has 1 aliphatic heterocycles. The quantitative estimate of drug-likeness (QED) is 0.871. The van der Waals surface area contributed by atoms with Gasteiger partial charge in [-0.25, -0.2) is 4.98 Å². The van der Waals surface area contributed by atoms with Crippen LogP contribution in [0.1, 0.15) is 5.56 Å². The Balaban J connectivity index is 1.63. The first-order valence-corrected chi connectivity index (χ1v) is 7.78. The van der Waals surface area contributed by atoms with Crippen LogP contribution in [0.15, 0.2) is 46.0 Å². The zero-order valence-electron chi connectivity index (χ0n) is 10.2. The molecule has 98 valence electrons. The molecule has 1 aromatic heterocycles. The third-order valence-electron chi connectivity index (χ3n) is 2.97. The molecule has 19 heavy (non-hydrogen) atoms. The van der Waals surface area contributed by atoms with Crippen LogP contribution in [0.5, 0.6) is 5.75 Å². The molecule has 0 radical (unpaired) electrons. The minimum absolute atomic E-state index is 0.190. The Morgan fingerprint density at radius 2 is 2.32 bits per heavy atom. The van der Waals surface area contributed by atoms with Crippen molar-refractivity contribution in [3.8, 4) is 5.75 Å². The Bertz CT molecular complexity index is 606. The normalized spacial score (nSPS) is 17.0. The molecule has 0 amide bonds. The number of fused-ring (bicyclic) bond motifs is 1. The molecule has 0 fully saturated rings. The second-order valence-corrected chi connectivity index (χ2v) is 6.33. The lowest BCUT2D eigenvalue weighted by atomic mass is 10.1. The first-order valence-electron chi connectivity index (χ1n) is 6.01. The number of nitrogen functional groups attached to an aromatic ring is 1. The predicted octanol–water partition coefficient (Wildman–Crippen LogP) is 3.52. The smallest absolute Gasteiger partial charge is 0.123 e. The van der Waals surface area contributed by atoms with Gasteiger partial charge in [0.05, 0.1) is 5.69 Å². The number of nitrogens with two attached hydrogens (primary N) is 1. The minimum atomic E-state index is 0.190. The Morgan fingerprint density at radius 3 is 3.16 bits per heavy atom. The van der Waals surface area contributed by atoms with Crippen LogP contribution >= 0.6 is 27.7 Å². The number of thioether (sulfide) groups is 1. The van der Waals surface area contributed by atoms with Gasteiger partial charge in [-0.05, 0) is 35.9 Å². The Hall–Kier alpha value is -1.20. The van der Waals surface area contributed by atoms with Crippen LogP contribution in [-0.2, 0) is 6.42 Å². The number of rotatable bonds is 3. The van der Waals surface area contributed by atoms with Gasteiger partial charge in [0, 0.05) is 22.8 Å². The summed E-state index contributed by atoms with van der Waals surface area (Å²) in [6.07, 6.45) is 2.89. The van der Waals surface area contributed by atoms with Gasteiger partial charge in [-0.15, -0.1) is 11.8 Å². The number of pyridine rings is 1. The molecule has 1 aromatic carbocycles. The molecule has 5 heteroatoms. The largest absolute Gasteiger partial charge is 0.489 e. The van der Waals surface area contributed by atoms with Crippen molar-refractivity contribution < 1.29 is 4.74 Å². The fourth-order valence-electron chi connectivity index (χ4n) is 2.08. The van der Waals surface area contributed by atoms with E-state index < -0.39 is 0 Å². The topological polar surface area (TPSA) is 48.1 Å². The first kappa shape index (κ1) is 12.8. The molecule has 2 N–H and O–H groups in total. The van der Waals surface area contributed by atoms with E-state index in [0.717, 1.165) is 33.1 Å². The summed E-state index contributed by atoms with van der Waals surface area (Å²) in [7, 11) is 0. The summed E-state index contributed by atoms with van der Waals surface area (Å²) in [4.78, 5) is 4.28. The van der Waals surface area contributed by atoms with Crippen molar-refractivity contribution in [3.63, 3.8) is 0 Å². The van der Waals surface area contributed by atoms with Crippen LogP contribution in [-0.4, -0.2) is 16.8 Å². The van der Waals surface area contributed by atoms with Crippen LogP contribution in [0.2, 0.25) is 0 Å². The summed E-state index contributed by atoms with van der Waals surface area (Å²) in [5.74, 6) is 1.84. The molecule has 3 rings (SSSR count). The van der Waals surface area contributed by atoms with Crippen molar-refractivity contribution in [1.29, 1.82) is 0 Å². The van der Waals surface area contributed by atoms with E-state index in [1.165, 1.54) is 5.56 Å². The molecule has 1 atom stereocenters. The number of aromatic nitrogens is 1. The number of ether oxygens (including phenoxy) is 1. The number of hydrogen-bond acceptors (Lipinski definition) is 4. The number of halogens is 1. The Labute approximate surface area is 124 Å². The third kappa shape index (κ3) is 2.87. The molecule has 0 saturated heterocycles. The van der Waals surface area contributed by atoms with E-state index in [1.807, 2.05) is 24.3 Å². The van der Waals surface area contributed by atoms with E-state index in [0.29, 0.717) is 0 Å². The SMILES string of the molecule is Nc1cccnc1SCC1Cc2cc(Br)ccc2O1. The highest BCUT2D eigenvalue weighted by atomic mass is 79.9.